The predicted octanol–water partition coefficient (Wildman–Crippen LogP) is 2.86. The Kier molecular flexibility index (Phi) is 6.42. The van der Waals surface area contributed by atoms with E-state index in [0.29, 0.717) is 28.8 Å². The van der Waals surface area contributed by atoms with Crippen molar-refractivity contribution in [2.75, 3.05) is 41.4 Å². The predicted molar refractivity (Wildman–Crippen MR) is 132 cm³/mol. The molecule has 35 heavy (non-hydrogen) atoms. The highest BCUT2D eigenvalue weighted by atomic mass is 35.5. The molecule has 5 heterocycles. The number of halogens is 1. The summed E-state index contributed by atoms with van der Waals surface area (Å²) in [6.07, 6.45) is 3.01. The van der Waals surface area contributed by atoms with Gasteiger partial charge in [-0.05, 0) is 37.6 Å². The van der Waals surface area contributed by atoms with Gasteiger partial charge in [-0.25, -0.2) is 14.8 Å². The zero-order chi connectivity index (χ0) is 24.5. The first kappa shape index (κ1) is 23.3. The maximum Gasteiger partial charge on any atom is 0.327 e. The lowest BCUT2D eigenvalue weighted by atomic mass is 10.1. The Morgan fingerprint density at radius 1 is 1.29 bits per heavy atom. The number of aliphatic hydroxyl groups excluding tert-OH is 2. The standard InChI is InChI=1S/C24H25ClN6O4/c1-14-8-15(2-5-26-14)22-19(25)10-20-23(29-22)31(17-4-7-30(20)11-17)24(34)28-16-3-6-27-21(9-16)35-13-18(33)12-32/h2-3,5-6,8-10,17-18,32-33H,4,7,11-13H2,1H3,(H,27,28,34)/t17?,18-/m0/s1. The molecule has 2 atom stereocenters. The number of aryl methyl sites for hydroxylation is 1. The second kappa shape index (κ2) is 9.65. The number of pyridine rings is 3. The molecule has 5 rings (SSSR count). The van der Waals surface area contributed by atoms with E-state index < -0.39 is 12.7 Å². The van der Waals surface area contributed by atoms with Crippen LogP contribution >= 0.6 is 11.6 Å². The van der Waals surface area contributed by atoms with Crippen molar-refractivity contribution in [1.29, 1.82) is 0 Å². The van der Waals surface area contributed by atoms with Crippen LogP contribution in [-0.2, 0) is 0 Å². The zero-order valence-electron chi connectivity index (χ0n) is 19.1. The van der Waals surface area contributed by atoms with Crippen LogP contribution in [0.5, 0.6) is 5.88 Å². The van der Waals surface area contributed by atoms with Gasteiger partial charge in [0.1, 0.15) is 12.7 Å². The van der Waals surface area contributed by atoms with Gasteiger partial charge in [0, 0.05) is 48.5 Å². The van der Waals surface area contributed by atoms with Crippen LogP contribution in [0.1, 0.15) is 12.1 Å². The molecule has 0 saturated carbocycles. The summed E-state index contributed by atoms with van der Waals surface area (Å²) in [5, 5.41) is 21.9. The van der Waals surface area contributed by atoms with Crippen molar-refractivity contribution in [3.8, 4) is 17.1 Å². The molecular weight excluding hydrogens is 472 g/mol. The molecule has 2 amide bonds. The molecule has 2 aliphatic rings. The molecule has 2 bridgehead atoms. The molecule has 3 aromatic heterocycles. The number of aromatic nitrogens is 3. The summed E-state index contributed by atoms with van der Waals surface area (Å²) < 4.78 is 5.39. The van der Waals surface area contributed by atoms with Crippen molar-refractivity contribution < 1.29 is 19.7 Å². The quantitative estimate of drug-likeness (QED) is 0.476. The number of carbonyl (C=O) groups is 1. The Bertz CT molecular complexity index is 1260. The van der Waals surface area contributed by atoms with E-state index in [-0.39, 0.29) is 24.6 Å². The number of hydrogen-bond donors (Lipinski definition) is 3. The number of nitrogens with one attached hydrogen (secondary N) is 1. The summed E-state index contributed by atoms with van der Waals surface area (Å²) in [6.45, 7) is 2.89. The van der Waals surface area contributed by atoms with Crippen LogP contribution in [-0.4, -0.2) is 69.6 Å². The third-order valence-corrected chi connectivity index (χ3v) is 6.33. The highest BCUT2D eigenvalue weighted by molar-refractivity contribution is 6.33. The van der Waals surface area contributed by atoms with Gasteiger partial charge in [-0.1, -0.05) is 11.6 Å². The topological polar surface area (TPSA) is 124 Å². The third kappa shape index (κ3) is 4.72. The number of ether oxygens (including phenoxy) is 1. The molecule has 182 valence electrons. The van der Waals surface area contributed by atoms with Gasteiger partial charge >= 0.3 is 6.03 Å². The van der Waals surface area contributed by atoms with Crippen LogP contribution < -0.4 is 19.9 Å². The molecule has 3 N–H and O–H groups in total. The maximum absolute atomic E-state index is 13.5. The van der Waals surface area contributed by atoms with E-state index in [9.17, 15) is 9.90 Å². The summed E-state index contributed by atoms with van der Waals surface area (Å²) in [4.78, 5) is 30.6. The van der Waals surface area contributed by atoms with Gasteiger partial charge in [-0.2, -0.15) is 0 Å². The van der Waals surface area contributed by atoms with E-state index in [4.69, 9.17) is 26.4 Å². The minimum absolute atomic E-state index is 0.0274. The molecule has 1 fully saturated rings. The van der Waals surface area contributed by atoms with Crippen molar-refractivity contribution in [1.82, 2.24) is 15.0 Å². The number of rotatable bonds is 6. The zero-order valence-corrected chi connectivity index (χ0v) is 19.8. The Labute approximate surface area is 207 Å². The van der Waals surface area contributed by atoms with E-state index in [1.807, 2.05) is 25.1 Å². The Morgan fingerprint density at radius 2 is 2.11 bits per heavy atom. The van der Waals surface area contributed by atoms with Gasteiger partial charge in [0.2, 0.25) is 5.88 Å². The van der Waals surface area contributed by atoms with Crippen molar-refractivity contribution in [2.24, 2.45) is 0 Å². The molecular formula is C24H25ClN6O4. The SMILES string of the molecule is Cc1cc(-c2nc3c(cc2Cl)N2CCC(C2)N3C(=O)Nc2ccnc(OC[C@@H](O)CO)c2)ccn1. The van der Waals surface area contributed by atoms with E-state index in [1.54, 1.807) is 23.2 Å². The summed E-state index contributed by atoms with van der Waals surface area (Å²) in [5.41, 5.74) is 3.58. The smallest absolute Gasteiger partial charge is 0.327 e. The summed E-state index contributed by atoms with van der Waals surface area (Å²) in [6, 6.07) is 8.50. The largest absolute Gasteiger partial charge is 0.475 e. The van der Waals surface area contributed by atoms with Crippen molar-refractivity contribution in [3.63, 3.8) is 0 Å². The lowest BCUT2D eigenvalue weighted by Crippen LogP contribution is -2.48. The van der Waals surface area contributed by atoms with Gasteiger partial charge in [0.15, 0.2) is 5.82 Å². The molecule has 3 aromatic rings. The summed E-state index contributed by atoms with van der Waals surface area (Å²) in [5.74, 6) is 0.781. The first-order chi connectivity index (χ1) is 16.9. The molecule has 10 nitrogen and oxygen atoms in total. The summed E-state index contributed by atoms with van der Waals surface area (Å²) in [7, 11) is 0. The fraction of sp³-hybridized carbons (Fsp3) is 0.333. The van der Waals surface area contributed by atoms with Gasteiger partial charge < -0.3 is 25.2 Å². The monoisotopic (exact) mass is 496 g/mol. The van der Waals surface area contributed by atoms with Crippen LogP contribution in [0.2, 0.25) is 5.02 Å². The minimum Gasteiger partial charge on any atom is -0.475 e. The lowest BCUT2D eigenvalue weighted by molar-refractivity contribution is 0.0521. The highest BCUT2D eigenvalue weighted by Gasteiger charge is 2.41. The fourth-order valence-corrected chi connectivity index (χ4v) is 4.62. The van der Waals surface area contributed by atoms with E-state index in [0.717, 1.165) is 29.9 Å². The normalized spacial score (nSPS) is 17.2. The second-order valence-electron chi connectivity index (χ2n) is 8.57. The number of amides is 2. The molecule has 1 unspecified atom stereocenters. The molecule has 1 saturated heterocycles. The van der Waals surface area contributed by atoms with Crippen molar-refractivity contribution >= 4 is 34.8 Å². The molecule has 0 radical (unpaired) electrons. The second-order valence-corrected chi connectivity index (χ2v) is 8.97. The van der Waals surface area contributed by atoms with Gasteiger partial charge in [-0.15, -0.1) is 0 Å². The molecule has 0 aliphatic carbocycles. The van der Waals surface area contributed by atoms with Crippen LogP contribution in [0.4, 0.5) is 22.0 Å². The van der Waals surface area contributed by atoms with Crippen LogP contribution in [0.15, 0.2) is 42.7 Å². The van der Waals surface area contributed by atoms with Gasteiger partial charge in [0.05, 0.1) is 29.1 Å². The minimum atomic E-state index is -1.01. The number of urea groups is 1. The van der Waals surface area contributed by atoms with E-state index >= 15 is 0 Å². The number of fused-ring (bicyclic) bond motifs is 4. The number of anilines is 3. The average Bonchev–Trinajstić information content (AvgIpc) is 3.27. The number of carbonyl (C=O) groups excluding carboxylic acids is 1. The Balaban J connectivity index is 1.44. The van der Waals surface area contributed by atoms with E-state index in [1.165, 1.54) is 6.20 Å². The third-order valence-electron chi connectivity index (χ3n) is 6.04. The van der Waals surface area contributed by atoms with E-state index in [2.05, 4.69) is 20.2 Å². The Morgan fingerprint density at radius 3 is 2.91 bits per heavy atom. The number of nitrogens with zero attached hydrogens (tertiary/aromatic N) is 5. The van der Waals surface area contributed by atoms with Crippen LogP contribution in [0.3, 0.4) is 0 Å². The van der Waals surface area contributed by atoms with Crippen molar-refractivity contribution in [3.05, 3.63) is 53.4 Å². The molecule has 0 spiro atoms. The summed E-state index contributed by atoms with van der Waals surface area (Å²) >= 11 is 6.64. The lowest BCUT2D eigenvalue weighted by Gasteiger charge is -2.36. The molecule has 11 heteroatoms. The average molecular weight is 497 g/mol. The van der Waals surface area contributed by atoms with Gasteiger partial charge in [-0.3, -0.25) is 9.88 Å². The molecule has 0 aromatic carbocycles. The molecule has 2 aliphatic heterocycles. The first-order valence-corrected chi connectivity index (χ1v) is 11.7. The van der Waals surface area contributed by atoms with Crippen LogP contribution in [0.25, 0.3) is 11.3 Å². The fourth-order valence-electron chi connectivity index (χ4n) is 4.37. The first-order valence-electron chi connectivity index (χ1n) is 11.3. The van der Waals surface area contributed by atoms with Crippen molar-refractivity contribution in [2.45, 2.75) is 25.5 Å². The van der Waals surface area contributed by atoms with Crippen LogP contribution in [0, 0.1) is 6.92 Å². The maximum atomic E-state index is 13.5. The highest BCUT2D eigenvalue weighted by Crippen LogP contribution is 2.43. The number of hydrogen-bond acceptors (Lipinski definition) is 8. The Hall–Kier alpha value is -3.47. The number of aliphatic hydroxyl groups is 2. The van der Waals surface area contributed by atoms with Gasteiger partial charge in [0.25, 0.3) is 0 Å².